The average Bonchev–Trinajstić information content (AvgIpc) is 2.87. The third-order valence-electron chi connectivity index (χ3n) is 4.40. The smallest absolute Gasteiger partial charge is 0.317 e. The van der Waals surface area contributed by atoms with Gasteiger partial charge in [-0.05, 0) is 24.1 Å². The second-order valence-corrected chi connectivity index (χ2v) is 6.49. The molecule has 0 unspecified atom stereocenters. The molecule has 1 N–H and O–H groups in total. The highest BCUT2D eigenvalue weighted by atomic mass is 35.5. The van der Waals surface area contributed by atoms with Gasteiger partial charge in [-0.15, -0.1) is 0 Å². The van der Waals surface area contributed by atoms with Crippen LogP contribution in [-0.4, -0.2) is 54.0 Å². The van der Waals surface area contributed by atoms with E-state index in [0.717, 1.165) is 5.56 Å². The maximum absolute atomic E-state index is 12.6. The molecule has 0 bridgehead atoms. The monoisotopic (exact) mass is 321 g/mol. The van der Waals surface area contributed by atoms with Crippen molar-refractivity contribution in [2.45, 2.75) is 19.4 Å². The molecule has 22 heavy (non-hydrogen) atoms. The van der Waals surface area contributed by atoms with E-state index in [4.69, 9.17) is 11.6 Å². The van der Waals surface area contributed by atoms with E-state index in [1.54, 1.807) is 0 Å². The molecule has 0 spiro atoms. The van der Waals surface area contributed by atoms with Gasteiger partial charge < -0.3 is 15.1 Å². The number of hydrogen-bond donors (Lipinski definition) is 1. The number of carbonyl (C=O) groups excluding carboxylic acids is 2. The van der Waals surface area contributed by atoms with Crippen molar-refractivity contribution < 1.29 is 9.59 Å². The zero-order chi connectivity index (χ0) is 15.7. The minimum Gasteiger partial charge on any atom is -0.339 e. The SMILES string of the molecule is C[C@@H](Cc1cccc(Cl)c1)C(=O)N1CCN2C(=O)NC[C@@H]2C1. The Kier molecular flexibility index (Phi) is 4.25. The van der Waals surface area contributed by atoms with Crippen LogP contribution in [-0.2, 0) is 11.2 Å². The highest BCUT2D eigenvalue weighted by Crippen LogP contribution is 2.19. The molecule has 2 atom stereocenters. The van der Waals surface area contributed by atoms with Gasteiger partial charge in [-0.1, -0.05) is 30.7 Å². The number of benzene rings is 1. The van der Waals surface area contributed by atoms with E-state index in [1.807, 2.05) is 41.0 Å². The van der Waals surface area contributed by atoms with Crippen molar-refractivity contribution in [1.29, 1.82) is 0 Å². The van der Waals surface area contributed by atoms with E-state index in [-0.39, 0.29) is 23.9 Å². The molecule has 3 amide bonds. The van der Waals surface area contributed by atoms with Gasteiger partial charge in [0.15, 0.2) is 0 Å². The van der Waals surface area contributed by atoms with Crippen LogP contribution >= 0.6 is 11.6 Å². The second kappa shape index (κ2) is 6.16. The van der Waals surface area contributed by atoms with Gasteiger partial charge in [-0.3, -0.25) is 4.79 Å². The van der Waals surface area contributed by atoms with E-state index in [2.05, 4.69) is 5.32 Å². The predicted octanol–water partition coefficient (Wildman–Crippen LogP) is 1.75. The maximum atomic E-state index is 12.6. The molecule has 2 fully saturated rings. The first kappa shape index (κ1) is 15.2. The molecule has 1 aromatic rings. The van der Waals surface area contributed by atoms with Gasteiger partial charge in [0.05, 0.1) is 6.04 Å². The zero-order valence-corrected chi connectivity index (χ0v) is 13.3. The largest absolute Gasteiger partial charge is 0.339 e. The van der Waals surface area contributed by atoms with Crippen molar-refractivity contribution in [1.82, 2.24) is 15.1 Å². The lowest BCUT2D eigenvalue weighted by atomic mass is 9.99. The molecule has 118 valence electrons. The lowest BCUT2D eigenvalue weighted by Gasteiger charge is -2.37. The number of halogens is 1. The quantitative estimate of drug-likeness (QED) is 0.922. The molecule has 2 aliphatic heterocycles. The molecule has 6 heteroatoms. The number of hydrogen-bond acceptors (Lipinski definition) is 2. The van der Waals surface area contributed by atoms with E-state index in [1.165, 1.54) is 0 Å². The minimum atomic E-state index is -0.0879. The van der Waals surface area contributed by atoms with Crippen LogP contribution in [0.5, 0.6) is 0 Å². The van der Waals surface area contributed by atoms with Crippen LogP contribution in [0.4, 0.5) is 4.79 Å². The van der Waals surface area contributed by atoms with Gasteiger partial charge in [-0.25, -0.2) is 4.79 Å². The Morgan fingerprint density at radius 3 is 3.05 bits per heavy atom. The Bertz CT molecular complexity index is 593. The van der Waals surface area contributed by atoms with Crippen LogP contribution < -0.4 is 5.32 Å². The molecular formula is C16H20ClN3O2. The maximum Gasteiger partial charge on any atom is 0.317 e. The fraction of sp³-hybridized carbons (Fsp3) is 0.500. The van der Waals surface area contributed by atoms with Crippen molar-refractivity contribution in [3.8, 4) is 0 Å². The molecule has 5 nitrogen and oxygen atoms in total. The Morgan fingerprint density at radius 1 is 1.45 bits per heavy atom. The van der Waals surface area contributed by atoms with Gasteiger partial charge in [0, 0.05) is 37.1 Å². The number of urea groups is 1. The number of nitrogens with one attached hydrogen (secondary N) is 1. The first-order chi connectivity index (χ1) is 10.5. The zero-order valence-electron chi connectivity index (χ0n) is 12.6. The molecule has 0 saturated carbocycles. The first-order valence-corrected chi connectivity index (χ1v) is 8.00. The van der Waals surface area contributed by atoms with Crippen LogP contribution in [0.2, 0.25) is 5.02 Å². The molecular weight excluding hydrogens is 302 g/mol. The summed E-state index contributed by atoms with van der Waals surface area (Å²) in [6.07, 6.45) is 0.682. The van der Waals surface area contributed by atoms with Crippen molar-refractivity contribution >= 4 is 23.5 Å². The second-order valence-electron chi connectivity index (χ2n) is 6.05. The van der Waals surface area contributed by atoms with Crippen molar-refractivity contribution in [2.24, 2.45) is 5.92 Å². The fourth-order valence-electron chi connectivity index (χ4n) is 3.22. The summed E-state index contributed by atoms with van der Waals surface area (Å²) in [4.78, 5) is 27.9. The summed E-state index contributed by atoms with van der Waals surface area (Å²) >= 11 is 5.99. The van der Waals surface area contributed by atoms with Crippen LogP contribution in [0.25, 0.3) is 0 Å². The number of fused-ring (bicyclic) bond motifs is 1. The van der Waals surface area contributed by atoms with E-state index < -0.39 is 0 Å². The van der Waals surface area contributed by atoms with Crippen LogP contribution in [0.15, 0.2) is 24.3 Å². The number of piperazine rings is 1. The normalized spacial score (nSPS) is 22.3. The molecule has 0 aromatic heterocycles. The summed E-state index contributed by atoms with van der Waals surface area (Å²) < 4.78 is 0. The van der Waals surface area contributed by atoms with E-state index in [0.29, 0.717) is 37.6 Å². The highest BCUT2D eigenvalue weighted by molar-refractivity contribution is 6.30. The Labute approximate surface area is 135 Å². The standard InChI is InChI=1S/C16H20ClN3O2/c1-11(7-12-3-2-4-13(17)8-12)15(21)19-5-6-20-14(10-19)9-18-16(20)22/h2-4,8,11,14H,5-7,9-10H2,1H3,(H,18,22)/t11-,14+/m0/s1. The number of rotatable bonds is 3. The van der Waals surface area contributed by atoms with Gasteiger partial charge in [0.1, 0.15) is 0 Å². The topological polar surface area (TPSA) is 52.7 Å². The molecule has 0 radical (unpaired) electrons. The summed E-state index contributed by atoms with van der Waals surface area (Å²) in [6, 6.07) is 7.74. The van der Waals surface area contributed by atoms with E-state index >= 15 is 0 Å². The lowest BCUT2D eigenvalue weighted by Crippen LogP contribution is -2.54. The predicted molar refractivity (Wildman–Crippen MR) is 84.8 cm³/mol. The van der Waals surface area contributed by atoms with Gasteiger partial charge >= 0.3 is 6.03 Å². The summed E-state index contributed by atoms with van der Waals surface area (Å²) in [6.45, 7) is 4.44. The van der Waals surface area contributed by atoms with Crippen LogP contribution in [0.3, 0.4) is 0 Å². The Hall–Kier alpha value is -1.75. The summed E-state index contributed by atoms with van der Waals surface area (Å²) in [7, 11) is 0. The van der Waals surface area contributed by atoms with Gasteiger partial charge in [0.2, 0.25) is 5.91 Å². The number of nitrogens with zero attached hydrogens (tertiary/aromatic N) is 2. The van der Waals surface area contributed by atoms with Crippen molar-refractivity contribution in [3.63, 3.8) is 0 Å². The number of amides is 3. The Morgan fingerprint density at radius 2 is 2.27 bits per heavy atom. The molecule has 2 saturated heterocycles. The summed E-state index contributed by atoms with van der Waals surface area (Å²) in [5.74, 6) is 0.0639. The van der Waals surface area contributed by atoms with E-state index in [9.17, 15) is 9.59 Å². The minimum absolute atomic E-state index is 0.0101. The molecule has 2 heterocycles. The molecule has 0 aliphatic carbocycles. The third-order valence-corrected chi connectivity index (χ3v) is 4.63. The highest BCUT2D eigenvalue weighted by Gasteiger charge is 2.37. The molecule has 3 rings (SSSR count). The summed E-state index contributed by atoms with van der Waals surface area (Å²) in [5.41, 5.74) is 1.07. The molecule has 1 aromatic carbocycles. The van der Waals surface area contributed by atoms with Crippen molar-refractivity contribution in [3.05, 3.63) is 34.9 Å². The first-order valence-electron chi connectivity index (χ1n) is 7.62. The van der Waals surface area contributed by atoms with Crippen LogP contribution in [0.1, 0.15) is 12.5 Å². The number of carbonyl (C=O) groups is 2. The lowest BCUT2D eigenvalue weighted by molar-refractivity contribution is -0.137. The third kappa shape index (κ3) is 3.04. The molecule has 2 aliphatic rings. The Balaban J connectivity index is 1.60. The fourth-order valence-corrected chi connectivity index (χ4v) is 3.43. The van der Waals surface area contributed by atoms with Crippen LogP contribution in [0, 0.1) is 5.92 Å². The van der Waals surface area contributed by atoms with Crippen molar-refractivity contribution in [2.75, 3.05) is 26.2 Å². The average molecular weight is 322 g/mol. The van der Waals surface area contributed by atoms with Gasteiger partial charge in [-0.2, -0.15) is 0 Å². The summed E-state index contributed by atoms with van der Waals surface area (Å²) in [5, 5.41) is 3.53. The van der Waals surface area contributed by atoms with Gasteiger partial charge in [0.25, 0.3) is 0 Å².